The van der Waals surface area contributed by atoms with E-state index in [2.05, 4.69) is 32.9 Å². The maximum Gasteiger partial charge on any atom is 0.309 e. The molecule has 1 aromatic rings. The topological polar surface area (TPSA) is 46.6 Å². The Labute approximate surface area is 138 Å². The molecule has 1 aliphatic heterocycles. The van der Waals surface area contributed by atoms with E-state index in [1.54, 1.807) is 0 Å². The van der Waals surface area contributed by atoms with Crippen LogP contribution in [-0.4, -0.2) is 36.5 Å². The largest absolute Gasteiger partial charge is 0.466 e. The smallest absolute Gasteiger partial charge is 0.309 e. The molecule has 1 saturated heterocycles. The first kappa shape index (κ1) is 17.5. The molecule has 0 bridgehead atoms. The highest BCUT2D eigenvalue weighted by Gasteiger charge is 2.28. The Balaban J connectivity index is 1.93. The number of nitrogens with zero attached hydrogens (tertiary/aromatic N) is 1. The van der Waals surface area contributed by atoms with E-state index in [1.807, 2.05) is 11.8 Å². The van der Waals surface area contributed by atoms with Crippen LogP contribution >= 0.6 is 0 Å². The number of amides is 1. The minimum absolute atomic E-state index is 0.0534. The number of piperidine rings is 1. The second-order valence-electron chi connectivity index (χ2n) is 6.45. The summed E-state index contributed by atoms with van der Waals surface area (Å²) < 4.78 is 5.07. The van der Waals surface area contributed by atoms with Crippen molar-refractivity contribution < 1.29 is 14.3 Å². The zero-order valence-electron chi connectivity index (χ0n) is 14.6. The van der Waals surface area contributed by atoms with Crippen LogP contribution < -0.4 is 0 Å². The maximum atomic E-state index is 12.5. The van der Waals surface area contributed by atoms with Gasteiger partial charge in [0.15, 0.2) is 0 Å². The summed E-state index contributed by atoms with van der Waals surface area (Å²) in [4.78, 5) is 26.2. The molecule has 1 aliphatic rings. The molecule has 0 atom stereocenters. The molecule has 1 fully saturated rings. The van der Waals surface area contributed by atoms with E-state index in [9.17, 15) is 9.59 Å². The molecular weight excluding hydrogens is 290 g/mol. The summed E-state index contributed by atoms with van der Waals surface area (Å²) in [5, 5.41) is 0. The van der Waals surface area contributed by atoms with E-state index in [-0.39, 0.29) is 17.8 Å². The van der Waals surface area contributed by atoms with E-state index in [0.717, 1.165) is 5.56 Å². The maximum absolute atomic E-state index is 12.5. The lowest BCUT2D eigenvalue weighted by atomic mass is 9.95. The minimum atomic E-state index is -0.121. The molecule has 4 heteroatoms. The number of hydrogen-bond acceptors (Lipinski definition) is 3. The van der Waals surface area contributed by atoms with Gasteiger partial charge in [0.25, 0.3) is 0 Å². The van der Waals surface area contributed by atoms with E-state index in [1.165, 1.54) is 16.7 Å². The van der Waals surface area contributed by atoms with Crippen molar-refractivity contribution in [2.45, 2.75) is 47.0 Å². The monoisotopic (exact) mass is 317 g/mol. The average Bonchev–Trinajstić information content (AvgIpc) is 2.53. The van der Waals surface area contributed by atoms with Crippen LogP contribution in [0.15, 0.2) is 12.1 Å². The lowest BCUT2D eigenvalue weighted by molar-refractivity contribution is -0.151. The molecule has 0 aromatic heterocycles. The number of carbonyl (C=O) groups excluding carboxylic acids is 2. The van der Waals surface area contributed by atoms with Gasteiger partial charge in [0.1, 0.15) is 0 Å². The fraction of sp³-hybridized carbons (Fsp3) is 0.579. The fourth-order valence-corrected chi connectivity index (χ4v) is 3.11. The van der Waals surface area contributed by atoms with Crippen molar-refractivity contribution in [3.63, 3.8) is 0 Å². The molecule has 1 aromatic carbocycles. The van der Waals surface area contributed by atoms with Crippen LogP contribution in [0.5, 0.6) is 0 Å². The highest BCUT2D eigenvalue weighted by Crippen LogP contribution is 2.21. The molecule has 0 N–H and O–H groups in total. The van der Waals surface area contributed by atoms with Crippen LogP contribution in [-0.2, 0) is 20.7 Å². The molecular formula is C19H27NO3. The zero-order valence-corrected chi connectivity index (χ0v) is 14.6. The molecule has 0 spiro atoms. The third kappa shape index (κ3) is 4.34. The summed E-state index contributed by atoms with van der Waals surface area (Å²) in [5.74, 6) is -0.0226. The third-order valence-corrected chi connectivity index (χ3v) is 4.76. The first-order valence-corrected chi connectivity index (χ1v) is 8.43. The lowest BCUT2D eigenvalue weighted by Gasteiger charge is -2.31. The standard InChI is InChI=1S/C19H27NO3/c1-5-23-19(22)16-6-8-20(9-7-16)18(21)12-17-11-14(3)13(2)10-15(17)4/h10-11,16H,5-9,12H2,1-4H3. The first-order chi connectivity index (χ1) is 10.9. The molecule has 23 heavy (non-hydrogen) atoms. The normalized spacial score (nSPS) is 15.6. The molecule has 1 amide bonds. The van der Waals surface area contributed by atoms with Gasteiger partial charge in [-0.1, -0.05) is 12.1 Å². The number of benzene rings is 1. The number of aryl methyl sites for hydroxylation is 3. The Kier molecular flexibility index (Phi) is 5.80. The average molecular weight is 317 g/mol. The number of esters is 1. The predicted octanol–water partition coefficient (Wildman–Crippen LogP) is 2.96. The van der Waals surface area contributed by atoms with Crippen molar-refractivity contribution >= 4 is 11.9 Å². The molecule has 0 saturated carbocycles. The molecule has 1 heterocycles. The van der Waals surface area contributed by atoms with Gasteiger partial charge in [-0.2, -0.15) is 0 Å². The number of hydrogen-bond donors (Lipinski definition) is 0. The number of rotatable bonds is 4. The molecule has 0 unspecified atom stereocenters. The van der Waals surface area contributed by atoms with Gasteiger partial charge in [-0.3, -0.25) is 9.59 Å². The van der Waals surface area contributed by atoms with Gasteiger partial charge in [-0.05, 0) is 62.8 Å². The van der Waals surface area contributed by atoms with Crippen molar-refractivity contribution in [1.82, 2.24) is 4.90 Å². The summed E-state index contributed by atoms with van der Waals surface area (Å²) in [7, 11) is 0. The first-order valence-electron chi connectivity index (χ1n) is 8.43. The Morgan fingerprint density at radius 2 is 1.70 bits per heavy atom. The second-order valence-corrected chi connectivity index (χ2v) is 6.45. The Morgan fingerprint density at radius 3 is 2.30 bits per heavy atom. The van der Waals surface area contributed by atoms with Gasteiger partial charge in [-0.15, -0.1) is 0 Å². The van der Waals surface area contributed by atoms with Crippen LogP contribution in [0.4, 0.5) is 0 Å². The highest BCUT2D eigenvalue weighted by atomic mass is 16.5. The van der Waals surface area contributed by atoms with Crippen molar-refractivity contribution in [3.05, 3.63) is 34.4 Å². The fourth-order valence-electron chi connectivity index (χ4n) is 3.11. The van der Waals surface area contributed by atoms with Crippen LogP contribution in [0.1, 0.15) is 42.0 Å². The highest BCUT2D eigenvalue weighted by molar-refractivity contribution is 5.80. The van der Waals surface area contributed by atoms with Crippen molar-refractivity contribution in [1.29, 1.82) is 0 Å². The van der Waals surface area contributed by atoms with Crippen LogP contribution in [0.3, 0.4) is 0 Å². The molecule has 2 rings (SSSR count). The van der Waals surface area contributed by atoms with Gasteiger partial charge in [0, 0.05) is 13.1 Å². The van der Waals surface area contributed by atoms with Crippen LogP contribution in [0, 0.1) is 26.7 Å². The zero-order chi connectivity index (χ0) is 17.0. The van der Waals surface area contributed by atoms with Gasteiger partial charge in [0.05, 0.1) is 18.9 Å². The molecule has 0 aliphatic carbocycles. The van der Waals surface area contributed by atoms with Crippen molar-refractivity contribution in [2.24, 2.45) is 5.92 Å². The molecule has 0 radical (unpaired) electrons. The lowest BCUT2D eigenvalue weighted by Crippen LogP contribution is -2.41. The Hall–Kier alpha value is -1.84. The Bertz CT molecular complexity index is 587. The quantitative estimate of drug-likeness (QED) is 0.802. The van der Waals surface area contributed by atoms with E-state index in [0.29, 0.717) is 39.0 Å². The number of carbonyl (C=O) groups is 2. The summed E-state index contributed by atoms with van der Waals surface area (Å²) in [6, 6.07) is 4.26. The third-order valence-electron chi connectivity index (χ3n) is 4.76. The van der Waals surface area contributed by atoms with E-state index in [4.69, 9.17) is 4.74 Å². The second kappa shape index (κ2) is 7.62. The number of ether oxygens (including phenoxy) is 1. The Morgan fingerprint density at radius 1 is 1.09 bits per heavy atom. The van der Waals surface area contributed by atoms with Crippen LogP contribution in [0.2, 0.25) is 0 Å². The molecule has 126 valence electrons. The van der Waals surface area contributed by atoms with E-state index < -0.39 is 0 Å². The van der Waals surface area contributed by atoms with Gasteiger partial charge in [0.2, 0.25) is 5.91 Å². The number of likely N-dealkylation sites (tertiary alicyclic amines) is 1. The van der Waals surface area contributed by atoms with E-state index >= 15 is 0 Å². The summed E-state index contributed by atoms with van der Waals surface area (Å²) in [6.07, 6.45) is 1.85. The van der Waals surface area contributed by atoms with Crippen molar-refractivity contribution in [3.8, 4) is 0 Å². The summed E-state index contributed by atoms with van der Waals surface area (Å²) >= 11 is 0. The summed E-state index contributed by atoms with van der Waals surface area (Å²) in [6.45, 7) is 9.76. The van der Waals surface area contributed by atoms with Gasteiger partial charge in [-0.25, -0.2) is 0 Å². The minimum Gasteiger partial charge on any atom is -0.466 e. The molecule has 4 nitrogen and oxygen atoms in total. The van der Waals surface area contributed by atoms with Crippen LogP contribution in [0.25, 0.3) is 0 Å². The van der Waals surface area contributed by atoms with Crippen molar-refractivity contribution in [2.75, 3.05) is 19.7 Å². The van der Waals surface area contributed by atoms with Gasteiger partial charge >= 0.3 is 5.97 Å². The van der Waals surface area contributed by atoms with Gasteiger partial charge < -0.3 is 9.64 Å². The summed E-state index contributed by atoms with van der Waals surface area (Å²) in [5.41, 5.74) is 4.75. The predicted molar refractivity (Wildman–Crippen MR) is 90.3 cm³/mol. The SMILES string of the molecule is CCOC(=O)C1CCN(C(=O)Cc2cc(C)c(C)cc2C)CC1.